The van der Waals surface area contributed by atoms with Crippen molar-refractivity contribution in [2.24, 2.45) is 0 Å². The zero-order chi connectivity index (χ0) is 16.0. The Balaban J connectivity index is 2.68. The van der Waals surface area contributed by atoms with Crippen molar-refractivity contribution < 1.29 is 32.5 Å². The summed E-state index contributed by atoms with van der Waals surface area (Å²) in [5.41, 5.74) is 5.12. The highest BCUT2D eigenvalue weighted by atomic mass is 19.4. The summed E-state index contributed by atoms with van der Waals surface area (Å²) in [5, 5.41) is 11.8. The van der Waals surface area contributed by atoms with Crippen LogP contribution in [-0.4, -0.2) is 43.7 Å². The summed E-state index contributed by atoms with van der Waals surface area (Å²) in [4.78, 5) is 11.7. The molecule has 1 amide bonds. The number of aliphatic hydroxyl groups excluding tert-OH is 1. The average Bonchev–Trinajstić information content (AvgIpc) is 2.37. The van der Waals surface area contributed by atoms with Gasteiger partial charge in [-0.1, -0.05) is 0 Å². The zero-order valence-electron chi connectivity index (χ0n) is 11.1. The number of benzene rings is 1. The summed E-state index contributed by atoms with van der Waals surface area (Å²) in [6.07, 6.45) is -5.74. The summed E-state index contributed by atoms with van der Waals surface area (Å²) in [7, 11) is 1.39. The van der Waals surface area contributed by atoms with Crippen LogP contribution in [0.4, 0.5) is 18.9 Å². The number of halogens is 3. The molecule has 9 heteroatoms. The minimum absolute atomic E-state index is 0.0424. The summed E-state index contributed by atoms with van der Waals surface area (Å²) in [6.45, 7) is -0.0197. The van der Waals surface area contributed by atoms with Crippen molar-refractivity contribution >= 4 is 11.6 Å². The van der Waals surface area contributed by atoms with Crippen LogP contribution >= 0.6 is 0 Å². The Morgan fingerprint density at radius 2 is 2.14 bits per heavy atom. The normalized spacial score (nSPS) is 12.8. The fourth-order valence-corrected chi connectivity index (χ4v) is 1.47. The fourth-order valence-electron chi connectivity index (χ4n) is 1.47. The Hall–Kier alpha value is -2.00. The minimum atomic E-state index is -4.86. The van der Waals surface area contributed by atoms with Crippen molar-refractivity contribution in [1.82, 2.24) is 5.32 Å². The van der Waals surface area contributed by atoms with Crippen molar-refractivity contribution in [3.8, 4) is 5.75 Å². The number of carbonyl (C=O) groups excluding carboxylic acids is 1. The molecule has 0 aliphatic heterocycles. The molecular formula is C12H15F3N2O4. The molecule has 21 heavy (non-hydrogen) atoms. The maximum absolute atomic E-state index is 12.1. The highest BCUT2D eigenvalue weighted by Crippen LogP contribution is 2.28. The molecule has 0 aromatic heterocycles. The first-order valence-corrected chi connectivity index (χ1v) is 5.83. The maximum Gasteiger partial charge on any atom is 0.573 e. The van der Waals surface area contributed by atoms with Crippen molar-refractivity contribution in [3.05, 3.63) is 23.8 Å². The second-order valence-electron chi connectivity index (χ2n) is 4.12. The molecule has 0 radical (unpaired) electrons. The van der Waals surface area contributed by atoms with Gasteiger partial charge < -0.3 is 25.6 Å². The number of anilines is 1. The molecule has 118 valence electrons. The Morgan fingerprint density at radius 3 is 2.67 bits per heavy atom. The van der Waals surface area contributed by atoms with E-state index in [1.54, 1.807) is 0 Å². The molecule has 0 saturated carbocycles. The minimum Gasteiger partial charge on any atom is -0.404 e. The van der Waals surface area contributed by atoms with Crippen LogP contribution in [0.25, 0.3) is 0 Å². The molecule has 0 spiro atoms. The van der Waals surface area contributed by atoms with Crippen LogP contribution in [0, 0.1) is 0 Å². The first-order valence-electron chi connectivity index (χ1n) is 5.83. The fraction of sp³-hybridized carbons (Fsp3) is 0.417. The van der Waals surface area contributed by atoms with Crippen LogP contribution in [0.2, 0.25) is 0 Å². The number of amides is 1. The largest absolute Gasteiger partial charge is 0.573 e. The summed E-state index contributed by atoms with van der Waals surface area (Å²) < 4.78 is 44.6. The van der Waals surface area contributed by atoms with E-state index < -0.39 is 24.1 Å². The average molecular weight is 308 g/mol. The van der Waals surface area contributed by atoms with Crippen LogP contribution in [0.5, 0.6) is 5.75 Å². The van der Waals surface area contributed by atoms with Gasteiger partial charge in [-0.05, 0) is 18.2 Å². The molecule has 0 bridgehead atoms. The number of alkyl halides is 3. The lowest BCUT2D eigenvalue weighted by Crippen LogP contribution is -2.34. The third-order valence-electron chi connectivity index (χ3n) is 2.35. The number of methoxy groups -OCH3 is 1. The van der Waals surface area contributed by atoms with Crippen LogP contribution in [0.3, 0.4) is 0 Å². The van der Waals surface area contributed by atoms with Crippen LogP contribution in [-0.2, 0) is 4.74 Å². The Bertz CT molecular complexity index is 494. The van der Waals surface area contributed by atoms with Gasteiger partial charge in [-0.25, -0.2) is 0 Å². The molecule has 0 heterocycles. The highest BCUT2D eigenvalue weighted by Gasteiger charge is 2.32. The SMILES string of the molecule is COCC(O)CNC(=O)c1ccc(OC(F)(F)F)c(N)c1. The van der Waals surface area contributed by atoms with Crippen LogP contribution in [0.15, 0.2) is 18.2 Å². The lowest BCUT2D eigenvalue weighted by molar-refractivity contribution is -0.274. The lowest BCUT2D eigenvalue weighted by Gasteiger charge is -2.13. The van der Waals surface area contributed by atoms with E-state index in [0.717, 1.165) is 18.2 Å². The molecule has 0 aliphatic rings. The molecule has 1 aromatic rings. The number of nitrogens with one attached hydrogen (secondary N) is 1. The molecule has 4 N–H and O–H groups in total. The summed E-state index contributed by atoms with van der Waals surface area (Å²) in [5.74, 6) is -1.17. The lowest BCUT2D eigenvalue weighted by atomic mass is 10.1. The first-order chi connectivity index (χ1) is 9.73. The van der Waals surface area contributed by atoms with Gasteiger partial charge in [-0.2, -0.15) is 0 Å². The van der Waals surface area contributed by atoms with E-state index in [1.807, 2.05) is 0 Å². The van der Waals surface area contributed by atoms with E-state index in [4.69, 9.17) is 5.73 Å². The van der Waals surface area contributed by atoms with Gasteiger partial charge >= 0.3 is 6.36 Å². The molecule has 1 rings (SSSR count). The number of rotatable bonds is 6. The van der Waals surface area contributed by atoms with E-state index in [2.05, 4.69) is 14.8 Å². The third kappa shape index (κ3) is 5.88. The van der Waals surface area contributed by atoms with Crippen molar-refractivity contribution in [3.63, 3.8) is 0 Å². The molecule has 1 unspecified atom stereocenters. The van der Waals surface area contributed by atoms with Gasteiger partial charge in [0.05, 0.1) is 18.4 Å². The topological polar surface area (TPSA) is 93.8 Å². The third-order valence-corrected chi connectivity index (χ3v) is 2.35. The summed E-state index contributed by atoms with van der Waals surface area (Å²) in [6, 6.07) is 3.14. The number of ether oxygens (including phenoxy) is 2. The predicted octanol–water partition coefficient (Wildman–Crippen LogP) is 0.904. The van der Waals surface area contributed by atoms with E-state index >= 15 is 0 Å². The van der Waals surface area contributed by atoms with Gasteiger partial charge in [0.15, 0.2) is 5.75 Å². The molecule has 0 fully saturated rings. The van der Waals surface area contributed by atoms with Gasteiger partial charge in [0.1, 0.15) is 0 Å². The molecule has 1 atom stereocenters. The molecule has 1 aromatic carbocycles. The number of carbonyl (C=O) groups is 1. The molecule has 0 aliphatic carbocycles. The van der Waals surface area contributed by atoms with Gasteiger partial charge in [0.25, 0.3) is 5.91 Å². The molecule has 0 saturated heterocycles. The van der Waals surface area contributed by atoms with E-state index in [0.29, 0.717) is 0 Å². The highest BCUT2D eigenvalue weighted by molar-refractivity contribution is 5.95. The monoisotopic (exact) mass is 308 g/mol. The first kappa shape index (κ1) is 17.1. The number of nitrogens with two attached hydrogens (primary N) is 1. The molecular weight excluding hydrogens is 293 g/mol. The molecule has 6 nitrogen and oxygen atoms in total. The van der Waals surface area contributed by atoms with Crippen LogP contribution in [0.1, 0.15) is 10.4 Å². The zero-order valence-corrected chi connectivity index (χ0v) is 11.1. The van der Waals surface area contributed by atoms with Gasteiger partial charge in [0.2, 0.25) is 0 Å². The van der Waals surface area contributed by atoms with E-state index in [1.165, 1.54) is 7.11 Å². The van der Waals surface area contributed by atoms with E-state index in [9.17, 15) is 23.1 Å². The van der Waals surface area contributed by atoms with Crippen molar-refractivity contribution in [1.29, 1.82) is 0 Å². The maximum atomic E-state index is 12.1. The second-order valence-corrected chi connectivity index (χ2v) is 4.12. The standard InChI is InChI=1S/C12H15F3N2O4/c1-20-6-8(18)5-17-11(19)7-2-3-10(9(16)4-7)21-12(13,14)15/h2-4,8,18H,5-6,16H2,1H3,(H,17,19). The Labute approximate surface area is 118 Å². The Morgan fingerprint density at radius 1 is 1.48 bits per heavy atom. The van der Waals surface area contributed by atoms with Gasteiger partial charge in [-0.15, -0.1) is 13.2 Å². The number of nitrogen functional groups attached to an aromatic ring is 1. The van der Waals surface area contributed by atoms with Gasteiger partial charge in [-0.3, -0.25) is 4.79 Å². The number of aliphatic hydroxyl groups is 1. The van der Waals surface area contributed by atoms with Crippen LogP contribution < -0.4 is 15.8 Å². The summed E-state index contributed by atoms with van der Waals surface area (Å²) >= 11 is 0. The van der Waals surface area contributed by atoms with Gasteiger partial charge in [0, 0.05) is 19.2 Å². The van der Waals surface area contributed by atoms with E-state index in [-0.39, 0.29) is 24.4 Å². The number of hydrogen-bond donors (Lipinski definition) is 3. The second kappa shape index (κ2) is 7.14. The predicted molar refractivity (Wildman–Crippen MR) is 67.8 cm³/mol. The van der Waals surface area contributed by atoms with Crippen molar-refractivity contribution in [2.75, 3.05) is 26.0 Å². The number of hydrogen-bond acceptors (Lipinski definition) is 5. The van der Waals surface area contributed by atoms with Crippen molar-refractivity contribution in [2.45, 2.75) is 12.5 Å². The quantitative estimate of drug-likeness (QED) is 0.679. The Kier molecular flexibility index (Phi) is 5.79. The smallest absolute Gasteiger partial charge is 0.404 e.